The van der Waals surface area contributed by atoms with Crippen LogP contribution in [0, 0.1) is 34.5 Å². The minimum absolute atomic E-state index is 0.00596. The van der Waals surface area contributed by atoms with Gasteiger partial charge in [-0.15, -0.1) is 0 Å². The summed E-state index contributed by atoms with van der Waals surface area (Å²) in [5.41, 5.74) is -1.23. The summed E-state index contributed by atoms with van der Waals surface area (Å²) in [4.78, 5) is 37.0. The molecule has 7 rings (SSSR count). The fourth-order valence-corrected chi connectivity index (χ4v) is 10.6. The number of fused-ring (bicyclic) bond motifs is 8. The lowest BCUT2D eigenvalue weighted by atomic mass is 9.43. The number of hydrogen-bond acceptors (Lipinski definition) is 11. The number of carbonyl (C=O) groups excluding carboxylic acids is 3. The first kappa shape index (κ1) is 29.8. The molecule has 7 aliphatic rings. The van der Waals surface area contributed by atoms with Crippen LogP contribution in [0.5, 0.6) is 0 Å². The number of methoxy groups -OCH3 is 1. The lowest BCUT2D eigenvalue weighted by Crippen LogP contribution is -2.66. The zero-order valence-corrected chi connectivity index (χ0v) is 25.3. The highest BCUT2D eigenvalue weighted by atomic mass is 16.7. The number of esters is 2. The second-order valence-corrected chi connectivity index (χ2v) is 14.3. The van der Waals surface area contributed by atoms with Crippen LogP contribution in [0.15, 0.2) is 11.6 Å². The molecule has 0 aromatic rings. The highest BCUT2D eigenvalue weighted by molar-refractivity contribution is 5.85. The van der Waals surface area contributed by atoms with Crippen molar-refractivity contribution >= 4 is 18.2 Å². The zero-order valence-electron chi connectivity index (χ0n) is 25.3. The van der Waals surface area contributed by atoms with E-state index in [1.54, 1.807) is 13.0 Å². The third kappa shape index (κ3) is 4.18. The van der Waals surface area contributed by atoms with Crippen molar-refractivity contribution in [2.24, 2.45) is 34.5 Å². The maximum absolute atomic E-state index is 13.2. The molecule has 0 radical (unpaired) electrons. The molecular formula is C32H44O11. The van der Waals surface area contributed by atoms with Gasteiger partial charge in [-0.25, -0.2) is 4.79 Å². The molecule has 4 saturated carbocycles. The Labute approximate surface area is 251 Å². The predicted octanol–water partition coefficient (Wildman–Crippen LogP) is 1.85. The van der Waals surface area contributed by atoms with Gasteiger partial charge in [-0.2, -0.15) is 0 Å². The summed E-state index contributed by atoms with van der Waals surface area (Å²) < 4.78 is 35.2. The van der Waals surface area contributed by atoms with Crippen LogP contribution in [0.1, 0.15) is 65.7 Å². The third-order valence-electron chi connectivity index (χ3n) is 12.7. The van der Waals surface area contributed by atoms with Gasteiger partial charge >= 0.3 is 11.9 Å². The van der Waals surface area contributed by atoms with Crippen LogP contribution in [0.25, 0.3) is 0 Å². The van der Waals surface area contributed by atoms with Crippen LogP contribution >= 0.6 is 0 Å². The van der Waals surface area contributed by atoms with Crippen LogP contribution in [0.2, 0.25) is 0 Å². The number of aldehydes is 1. The molecule has 11 heteroatoms. The first-order valence-corrected chi connectivity index (χ1v) is 15.9. The van der Waals surface area contributed by atoms with Crippen LogP contribution in [0.4, 0.5) is 0 Å². The molecule has 11 nitrogen and oxygen atoms in total. The van der Waals surface area contributed by atoms with Crippen LogP contribution < -0.4 is 0 Å². The second kappa shape index (κ2) is 10.3. The summed E-state index contributed by atoms with van der Waals surface area (Å²) in [5.74, 6) is -0.964. The number of aliphatic hydroxyl groups excluding tert-OH is 1. The second-order valence-electron chi connectivity index (χ2n) is 14.3. The largest absolute Gasteiger partial charge is 0.458 e. The Kier molecular flexibility index (Phi) is 7.15. The summed E-state index contributed by atoms with van der Waals surface area (Å²) >= 11 is 0. The van der Waals surface area contributed by atoms with Gasteiger partial charge < -0.3 is 43.4 Å². The Hall–Kier alpha value is -1.89. The first-order valence-electron chi connectivity index (χ1n) is 15.9. The molecule has 0 amide bonds. The standard InChI is InChI=1S/C32H44O11/c1-15-24(36)26(38-4)27(41-16(2)34)29(40-15)42-19-7-9-31(14-33)18(12-19)5-6-21-23(31)25-28(43-25)30(3)20(8-10-32(21,30)37)17-11-22(35)39-13-17/h11,14-15,18-21,23-29,36-37H,5-10,12-13H2,1-4H3/t15-,18+,19-,20+,21+,23+,24-,25-,26+,27-,28-,29-,30-,31+,32-/m0/s1. The van der Waals surface area contributed by atoms with Crippen molar-refractivity contribution in [1.29, 1.82) is 0 Å². The molecule has 2 N–H and O–H groups in total. The fraction of sp³-hybridized carbons (Fsp3) is 0.844. The molecule has 0 bridgehead atoms. The molecule has 0 spiro atoms. The van der Waals surface area contributed by atoms with Crippen molar-refractivity contribution in [2.75, 3.05) is 13.7 Å². The van der Waals surface area contributed by atoms with E-state index in [2.05, 4.69) is 6.92 Å². The monoisotopic (exact) mass is 604 g/mol. The molecule has 0 aromatic heterocycles. The van der Waals surface area contributed by atoms with E-state index in [0.29, 0.717) is 25.7 Å². The SMILES string of the molecule is CO[C@@H]1[C@@H](O)[C@H](C)O[C@@H](O[C@H]2CC[C@@]3(C=O)[C@H](CC[C@@H]4[C@@H]3[C@@H]3O[C@@H]3[C@]3(C)[C@@H](C5=CC(=O)OC5)CC[C@]43O)C2)[C@H]1OC(C)=O. The summed E-state index contributed by atoms with van der Waals surface area (Å²) in [5, 5.41) is 23.2. The van der Waals surface area contributed by atoms with Gasteiger partial charge in [0.25, 0.3) is 0 Å². The van der Waals surface area contributed by atoms with Gasteiger partial charge in [0, 0.05) is 36.9 Å². The van der Waals surface area contributed by atoms with Crippen molar-refractivity contribution in [3.63, 3.8) is 0 Å². The quantitative estimate of drug-likeness (QED) is 0.198. The Morgan fingerprint density at radius 3 is 2.60 bits per heavy atom. The van der Waals surface area contributed by atoms with E-state index >= 15 is 0 Å². The highest BCUT2D eigenvalue weighted by Gasteiger charge is 2.79. The maximum Gasteiger partial charge on any atom is 0.331 e. The molecule has 43 heavy (non-hydrogen) atoms. The normalized spacial score (nSPS) is 53.4. The Bertz CT molecular complexity index is 1200. The lowest BCUT2D eigenvalue weighted by molar-refractivity contribution is -0.314. The maximum atomic E-state index is 13.2. The number of carbonyl (C=O) groups is 3. The highest BCUT2D eigenvalue weighted by Crippen LogP contribution is 2.74. The van der Waals surface area contributed by atoms with E-state index in [9.17, 15) is 24.6 Å². The van der Waals surface area contributed by atoms with Crippen LogP contribution in [0.3, 0.4) is 0 Å². The number of aliphatic hydroxyl groups is 2. The van der Waals surface area contributed by atoms with E-state index in [1.807, 2.05) is 0 Å². The smallest absolute Gasteiger partial charge is 0.331 e. The van der Waals surface area contributed by atoms with Gasteiger partial charge in [0.15, 0.2) is 12.4 Å². The molecule has 4 aliphatic carbocycles. The molecule has 0 aromatic carbocycles. The number of cyclic esters (lactones) is 1. The van der Waals surface area contributed by atoms with E-state index in [-0.39, 0.29) is 54.6 Å². The van der Waals surface area contributed by atoms with Crippen molar-refractivity contribution in [3.8, 4) is 0 Å². The average Bonchev–Trinajstić information content (AvgIpc) is 3.59. The van der Waals surface area contributed by atoms with Gasteiger partial charge in [0.05, 0.1) is 30.0 Å². The summed E-state index contributed by atoms with van der Waals surface area (Å²) in [6.45, 7) is 5.42. The van der Waals surface area contributed by atoms with Gasteiger partial charge in [-0.3, -0.25) is 4.79 Å². The minimum Gasteiger partial charge on any atom is -0.458 e. The van der Waals surface area contributed by atoms with E-state index < -0.39 is 53.1 Å². The minimum atomic E-state index is -1.000. The summed E-state index contributed by atoms with van der Waals surface area (Å²) in [6.07, 6.45) is 2.75. The molecule has 0 unspecified atom stereocenters. The first-order chi connectivity index (χ1) is 20.5. The van der Waals surface area contributed by atoms with E-state index in [0.717, 1.165) is 31.1 Å². The van der Waals surface area contributed by atoms with Crippen LogP contribution in [-0.2, 0) is 42.8 Å². The zero-order chi connectivity index (χ0) is 30.5. The van der Waals surface area contributed by atoms with Gasteiger partial charge in [-0.05, 0) is 75.2 Å². The van der Waals surface area contributed by atoms with Crippen molar-refractivity contribution in [1.82, 2.24) is 0 Å². The number of rotatable bonds is 6. The molecular weight excluding hydrogens is 560 g/mol. The van der Waals surface area contributed by atoms with Gasteiger partial charge in [-0.1, -0.05) is 6.92 Å². The lowest BCUT2D eigenvalue weighted by Gasteiger charge is -2.61. The van der Waals surface area contributed by atoms with Gasteiger partial charge in [0.2, 0.25) is 0 Å². The number of ether oxygens (including phenoxy) is 6. The molecule has 15 atom stereocenters. The fourth-order valence-electron chi connectivity index (χ4n) is 10.6. The van der Waals surface area contributed by atoms with Crippen molar-refractivity contribution < 1.29 is 53.0 Å². The molecule has 238 valence electrons. The Balaban J connectivity index is 1.11. The molecule has 6 fully saturated rings. The predicted molar refractivity (Wildman–Crippen MR) is 147 cm³/mol. The third-order valence-corrected chi connectivity index (χ3v) is 12.7. The van der Waals surface area contributed by atoms with Crippen molar-refractivity contribution in [2.45, 2.75) is 120 Å². The van der Waals surface area contributed by atoms with Crippen molar-refractivity contribution in [3.05, 3.63) is 11.6 Å². The van der Waals surface area contributed by atoms with E-state index in [4.69, 9.17) is 28.4 Å². The summed E-state index contributed by atoms with van der Waals surface area (Å²) in [7, 11) is 1.46. The number of epoxide rings is 1. The van der Waals surface area contributed by atoms with E-state index in [1.165, 1.54) is 14.0 Å². The molecule has 3 aliphatic heterocycles. The number of hydrogen-bond donors (Lipinski definition) is 2. The Morgan fingerprint density at radius 1 is 1.14 bits per heavy atom. The average molecular weight is 605 g/mol. The van der Waals surface area contributed by atoms with Gasteiger partial charge in [0.1, 0.15) is 25.1 Å². The molecule has 3 heterocycles. The topological polar surface area (TPSA) is 150 Å². The van der Waals surface area contributed by atoms with Crippen LogP contribution in [-0.4, -0.2) is 96.8 Å². The Morgan fingerprint density at radius 2 is 1.93 bits per heavy atom. The summed E-state index contributed by atoms with van der Waals surface area (Å²) in [6, 6.07) is 0. The molecule has 2 saturated heterocycles.